The summed E-state index contributed by atoms with van der Waals surface area (Å²) in [5, 5.41) is 0.871. The topological polar surface area (TPSA) is 122 Å². The van der Waals surface area contributed by atoms with E-state index in [0.717, 1.165) is 0 Å². The summed E-state index contributed by atoms with van der Waals surface area (Å²) in [6.07, 6.45) is 2.49. The molecule has 43 heavy (non-hydrogen) atoms. The van der Waals surface area contributed by atoms with Gasteiger partial charge in [-0.3, -0.25) is 28.3 Å². The first kappa shape index (κ1) is 33.5. The molecule has 2 aromatic carbocycles. The lowest BCUT2D eigenvalue weighted by Crippen LogP contribution is -2.28. The highest BCUT2D eigenvalue weighted by molar-refractivity contribution is 9.08. The minimum absolute atomic E-state index is 0.214. The molecule has 0 aliphatic heterocycles. The molecule has 0 spiro atoms. The Labute approximate surface area is 254 Å². The van der Waals surface area contributed by atoms with Crippen molar-refractivity contribution in [1.82, 2.24) is 19.1 Å². The number of hydrogen-bond acceptors (Lipinski definition) is 8. The van der Waals surface area contributed by atoms with Gasteiger partial charge < -0.3 is 9.47 Å². The highest BCUT2D eigenvalue weighted by Gasteiger charge is 2.24. The molecule has 2 aromatic heterocycles. The van der Waals surface area contributed by atoms with Gasteiger partial charge >= 0.3 is 11.9 Å². The maximum atomic E-state index is 13.7. The predicted molar refractivity (Wildman–Crippen MR) is 160 cm³/mol. The van der Waals surface area contributed by atoms with E-state index in [4.69, 9.17) is 9.47 Å². The number of aryl methyl sites for hydroxylation is 1. The van der Waals surface area contributed by atoms with Crippen LogP contribution in [0.1, 0.15) is 52.7 Å². The smallest absolute Gasteiger partial charge is 0.312 e. The predicted octanol–water partition coefficient (Wildman–Crippen LogP) is 5.37. The Hall–Kier alpha value is -4.00. The molecule has 4 aromatic rings. The molecule has 0 fully saturated rings. The Morgan fingerprint density at radius 2 is 1.19 bits per heavy atom. The quantitative estimate of drug-likeness (QED) is 0.207. The van der Waals surface area contributed by atoms with Gasteiger partial charge in [0.2, 0.25) is 0 Å². The van der Waals surface area contributed by atoms with Crippen LogP contribution in [0, 0.1) is 29.4 Å². The van der Waals surface area contributed by atoms with Gasteiger partial charge in [-0.25, -0.2) is 18.7 Å². The first-order valence-corrected chi connectivity index (χ1v) is 14.3. The van der Waals surface area contributed by atoms with Gasteiger partial charge in [-0.15, -0.1) is 0 Å². The van der Waals surface area contributed by atoms with E-state index in [-0.39, 0.29) is 41.0 Å². The van der Waals surface area contributed by atoms with E-state index in [2.05, 4.69) is 25.9 Å². The molecule has 0 atom stereocenters. The molecule has 0 amide bonds. The molecule has 0 aliphatic carbocycles. The third-order valence-electron chi connectivity index (χ3n) is 6.13. The van der Waals surface area contributed by atoms with Crippen molar-refractivity contribution in [2.45, 2.75) is 67.3 Å². The van der Waals surface area contributed by atoms with E-state index < -0.39 is 34.4 Å². The maximum absolute atomic E-state index is 13.7. The van der Waals surface area contributed by atoms with Crippen molar-refractivity contribution in [3.8, 4) is 0 Å². The third kappa shape index (κ3) is 8.09. The van der Waals surface area contributed by atoms with Crippen molar-refractivity contribution in [2.75, 3.05) is 0 Å². The summed E-state index contributed by atoms with van der Waals surface area (Å²) in [6.45, 7) is 11.5. The highest BCUT2D eigenvalue weighted by atomic mass is 79.9. The minimum atomic E-state index is -0.653. The zero-order chi connectivity index (χ0) is 32.3. The summed E-state index contributed by atoms with van der Waals surface area (Å²) in [5.41, 5.74) is -0.763. The van der Waals surface area contributed by atoms with E-state index in [0.29, 0.717) is 21.8 Å². The van der Waals surface area contributed by atoms with E-state index in [9.17, 15) is 28.0 Å². The van der Waals surface area contributed by atoms with Crippen LogP contribution in [0.5, 0.6) is 0 Å². The molecule has 0 N–H and O–H groups in total. The SMILES string of the molecule is CC(C)(C)C(=O)OCn1cnc2cc(F)c(CBr)cc2c1=O.Cc1cc2c(=O)n(COC(=O)C(C)(C)C)cnc2cc1F. The van der Waals surface area contributed by atoms with Crippen LogP contribution in [0.25, 0.3) is 21.8 Å². The van der Waals surface area contributed by atoms with Gasteiger partial charge in [0.15, 0.2) is 13.5 Å². The fourth-order valence-electron chi connectivity index (χ4n) is 3.49. The van der Waals surface area contributed by atoms with Crippen molar-refractivity contribution in [3.63, 3.8) is 0 Å². The van der Waals surface area contributed by atoms with Gasteiger partial charge in [0.05, 0.1) is 32.6 Å². The van der Waals surface area contributed by atoms with Crippen LogP contribution in [0.2, 0.25) is 0 Å². The molecule has 10 nitrogen and oxygen atoms in total. The van der Waals surface area contributed by atoms with E-state index in [1.54, 1.807) is 48.5 Å². The largest absolute Gasteiger partial charge is 0.443 e. The Morgan fingerprint density at radius 3 is 1.60 bits per heavy atom. The van der Waals surface area contributed by atoms with Gasteiger partial charge in [-0.2, -0.15) is 0 Å². The van der Waals surface area contributed by atoms with Gasteiger partial charge in [0.1, 0.15) is 24.3 Å². The summed E-state index contributed by atoms with van der Waals surface area (Å²) in [5.74, 6) is -1.66. The van der Waals surface area contributed by atoms with Gasteiger partial charge in [-0.05, 0) is 71.7 Å². The lowest BCUT2D eigenvalue weighted by atomic mass is 9.97. The third-order valence-corrected chi connectivity index (χ3v) is 6.74. The lowest BCUT2D eigenvalue weighted by Gasteiger charge is -2.17. The van der Waals surface area contributed by atoms with E-state index in [1.165, 1.54) is 46.1 Å². The average molecular weight is 664 g/mol. The van der Waals surface area contributed by atoms with Gasteiger partial charge in [0, 0.05) is 17.5 Å². The lowest BCUT2D eigenvalue weighted by molar-refractivity contribution is -0.157. The zero-order valence-corrected chi connectivity index (χ0v) is 26.5. The van der Waals surface area contributed by atoms with Crippen molar-refractivity contribution < 1.29 is 27.8 Å². The minimum Gasteiger partial charge on any atom is -0.443 e. The average Bonchev–Trinajstić information content (AvgIpc) is 2.92. The van der Waals surface area contributed by atoms with E-state index in [1.807, 2.05) is 0 Å². The molecular weight excluding hydrogens is 630 g/mol. The number of benzene rings is 2. The number of alkyl halides is 1. The number of carbonyl (C=O) groups is 2. The second-order valence-electron chi connectivity index (χ2n) is 11.9. The number of rotatable bonds is 5. The summed E-state index contributed by atoms with van der Waals surface area (Å²) in [4.78, 5) is 56.1. The highest BCUT2D eigenvalue weighted by Crippen LogP contribution is 2.19. The van der Waals surface area contributed by atoms with Crippen LogP contribution < -0.4 is 11.1 Å². The Bertz CT molecular complexity index is 1810. The Kier molecular flexibility index (Phi) is 10.2. The number of fused-ring (bicyclic) bond motifs is 2. The fourth-order valence-corrected chi connectivity index (χ4v) is 3.92. The molecule has 0 radical (unpaired) electrons. The Morgan fingerprint density at radius 1 is 0.767 bits per heavy atom. The monoisotopic (exact) mass is 662 g/mol. The summed E-state index contributed by atoms with van der Waals surface area (Å²) >= 11 is 3.17. The normalized spacial score (nSPS) is 11.7. The molecule has 0 saturated carbocycles. The molecule has 2 heterocycles. The van der Waals surface area contributed by atoms with Crippen LogP contribution in [0.4, 0.5) is 8.78 Å². The van der Waals surface area contributed by atoms with Crippen LogP contribution in [-0.4, -0.2) is 31.0 Å². The number of nitrogens with zero attached hydrogens (tertiary/aromatic N) is 4. The van der Waals surface area contributed by atoms with Gasteiger partial charge in [-0.1, -0.05) is 15.9 Å². The van der Waals surface area contributed by atoms with Crippen LogP contribution >= 0.6 is 15.9 Å². The molecule has 0 saturated heterocycles. The number of esters is 2. The number of carbonyl (C=O) groups excluding carboxylic acids is 2. The maximum Gasteiger partial charge on any atom is 0.312 e. The number of aromatic nitrogens is 4. The first-order chi connectivity index (χ1) is 19.9. The zero-order valence-electron chi connectivity index (χ0n) is 25.0. The number of halogens is 3. The number of hydrogen-bond donors (Lipinski definition) is 0. The summed E-state index contributed by atoms with van der Waals surface area (Å²) < 4.78 is 39.7. The summed E-state index contributed by atoms with van der Waals surface area (Å²) in [6, 6.07) is 5.34. The van der Waals surface area contributed by atoms with Crippen molar-refractivity contribution in [3.05, 3.63) is 80.4 Å². The second kappa shape index (κ2) is 13.1. The van der Waals surface area contributed by atoms with Crippen LogP contribution in [-0.2, 0) is 37.9 Å². The number of ether oxygens (including phenoxy) is 2. The second-order valence-corrected chi connectivity index (χ2v) is 12.4. The molecule has 0 bridgehead atoms. The van der Waals surface area contributed by atoms with Gasteiger partial charge in [0.25, 0.3) is 11.1 Å². The standard InChI is InChI=1S/C15H16BrFN2O3.C15H17FN2O3/c1-15(2,3)14(21)22-8-19-7-18-12-5-11(17)9(6-16)4-10(12)13(19)20;1-9-5-10-12(6-11(9)16)17-7-18(13(10)19)8-21-14(20)15(2,3)4/h4-5,7H,6,8H2,1-3H3;5-7H,8H2,1-4H3. The molecule has 0 unspecified atom stereocenters. The van der Waals surface area contributed by atoms with Crippen molar-refractivity contribution in [1.29, 1.82) is 0 Å². The molecule has 13 heteroatoms. The molecule has 230 valence electrons. The Balaban J connectivity index is 0.000000236. The van der Waals surface area contributed by atoms with Crippen LogP contribution in [0.15, 0.2) is 46.5 Å². The summed E-state index contributed by atoms with van der Waals surface area (Å²) in [7, 11) is 0. The van der Waals surface area contributed by atoms with Crippen molar-refractivity contribution >= 4 is 49.7 Å². The molecule has 0 aliphatic rings. The van der Waals surface area contributed by atoms with E-state index >= 15 is 0 Å². The fraction of sp³-hybridized carbons (Fsp3) is 0.400. The van der Waals surface area contributed by atoms with Crippen molar-refractivity contribution in [2.24, 2.45) is 10.8 Å². The molecule has 4 rings (SSSR count). The first-order valence-electron chi connectivity index (χ1n) is 13.2. The molecular formula is C30H33BrF2N4O6. The van der Waals surface area contributed by atoms with Crippen LogP contribution in [0.3, 0.4) is 0 Å².